The number of nitrogens with zero attached hydrogens (tertiary/aromatic N) is 1. The molecule has 2 rings (SSSR count). The Balaban J connectivity index is 2.20. The van der Waals surface area contributed by atoms with Crippen molar-refractivity contribution in [3.05, 3.63) is 24.3 Å². The third-order valence-electron chi connectivity index (χ3n) is 2.47. The van der Waals surface area contributed by atoms with Crippen LogP contribution in [0.4, 0.5) is 18.9 Å². The van der Waals surface area contributed by atoms with E-state index in [9.17, 15) is 18.0 Å². The molecule has 1 unspecified atom stereocenters. The molecule has 1 fully saturated rings. The quantitative estimate of drug-likeness (QED) is 0.667. The normalized spacial score (nSPS) is 20.6. The van der Waals surface area contributed by atoms with E-state index in [1.54, 1.807) is 6.07 Å². The van der Waals surface area contributed by atoms with Crippen LogP contribution in [0.5, 0.6) is 0 Å². The predicted molar refractivity (Wildman–Crippen MR) is 68.1 cm³/mol. The van der Waals surface area contributed by atoms with Crippen LogP contribution in [-0.4, -0.2) is 23.2 Å². The molecule has 1 heterocycles. The number of carbonyl (C=O) groups excluding carboxylic acids is 1. The van der Waals surface area contributed by atoms with Gasteiger partial charge in [0.1, 0.15) is 0 Å². The minimum absolute atomic E-state index is 0.0589. The highest BCUT2D eigenvalue weighted by Crippen LogP contribution is 2.38. The van der Waals surface area contributed by atoms with Crippen LogP contribution < -0.4 is 4.90 Å². The fourth-order valence-corrected chi connectivity index (χ4v) is 2.70. The van der Waals surface area contributed by atoms with E-state index in [2.05, 4.69) is 12.6 Å². The summed E-state index contributed by atoms with van der Waals surface area (Å²) in [5.41, 5.74) is -3.83. The summed E-state index contributed by atoms with van der Waals surface area (Å²) in [7, 11) is 0. The minimum Gasteiger partial charge on any atom is -0.311 e. The molecule has 0 radical (unpaired) electrons. The summed E-state index contributed by atoms with van der Waals surface area (Å²) in [5.74, 6) is -0.107. The largest absolute Gasteiger partial charge is 0.446 e. The first kappa shape index (κ1) is 13.6. The Labute approximate surface area is 112 Å². The molecule has 1 aromatic rings. The summed E-state index contributed by atoms with van der Waals surface area (Å²) in [6.45, 7) is 0.433. The number of amides is 1. The highest BCUT2D eigenvalue weighted by Gasteiger charge is 2.31. The van der Waals surface area contributed by atoms with Gasteiger partial charge in [-0.3, -0.25) is 4.79 Å². The lowest BCUT2D eigenvalue weighted by atomic mass is 10.3. The Bertz CT molecular complexity index is 464. The second-order valence-electron chi connectivity index (χ2n) is 3.91. The van der Waals surface area contributed by atoms with Gasteiger partial charge in [0, 0.05) is 28.8 Å². The van der Waals surface area contributed by atoms with Gasteiger partial charge in [0.25, 0.3) is 0 Å². The zero-order valence-electron chi connectivity index (χ0n) is 9.15. The molecule has 1 aromatic carbocycles. The van der Waals surface area contributed by atoms with E-state index >= 15 is 0 Å². The van der Waals surface area contributed by atoms with Crippen molar-refractivity contribution in [1.82, 2.24) is 0 Å². The number of anilines is 1. The summed E-state index contributed by atoms with van der Waals surface area (Å²) in [6.07, 6.45) is 0.319. The van der Waals surface area contributed by atoms with Crippen LogP contribution in [0.1, 0.15) is 6.42 Å². The molecule has 18 heavy (non-hydrogen) atoms. The highest BCUT2D eigenvalue weighted by atomic mass is 32.2. The number of hydrogen-bond acceptors (Lipinski definition) is 3. The average molecular weight is 293 g/mol. The fraction of sp³-hybridized carbons (Fsp3) is 0.364. The maximum atomic E-state index is 12.3. The van der Waals surface area contributed by atoms with Crippen LogP contribution >= 0.6 is 24.4 Å². The van der Waals surface area contributed by atoms with Gasteiger partial charge in [-0.25, -0.2) is 0 Å². The Morgan fingerprint density at radius 1 is 1.39 bits per heavy atom. The molecule has 7 heteroatoms. The maximum absolute atomic E-state index is 12.3. The van der Waals surface area contributed by atoms with Crippen molar-refractivity contribution in [1.29, 1.82) is 0 Å². The summed E-state index contributed by atoms with van der Waals surface area (Å²) < 4.78 is 36.8. The second kappa shape index (κ2) is 5.05. The van der Waals surface area contributed by atoms with E-state index in [4.69, 9.17) is 0 Å². The molecule has 1 aliphatic rings. The van der Waals surface area contributed by atoms with Gasteiger partial charge in [0.2, 0.25) is 5.91 Å². The van der Waals surface area contributed by atoms with Crippen LogP contribution in [-0.2, 0) is 4.79 Å². The van der Waals surface area contributed by atoms with Crippen molar-refractivity contribution in [3.63, 3.8) is 0 Å². The zero-order valence-corrected chi connectivity index (χ0v) is 10.9. The number of benzene rings is 1. The fourth-order valence-electron chi connectivity index (χ4n) is 1.79. The minimum atomic E-state index is -4.32. The van der Waals surface area contributed by atoms with Gasteiger partial charge in [0.15, 0.2) is 0 Å². The molecule has 0 N–H and O–H groups in total. The van der Waals surface area contributed by atoms with Crippen LogP contribution in [0.3, 0.4) is 0 Å². The zero-order chi connectivity index (χ0) is 13.3. The maximum Gasteiger partial charge on any atom is 0.446 e. The van der Waals surface area contributed by atoms with Crippen LogP contribution in [0.25, 0.3) is 0 Å². The molecule has 1 amide bonds. The summed E-state index contributed by atoms with van der Waals surface area (Å²) in [6, 6.07) is 5.90. The molecule has 0 aromatic heterocycles. The Hall–Kier alpha value is -0.820. The highest BCUT2D eigenvalue weighted by molar-refractivity contribution is 8.00. The molecule has 1 atom stereocenters. The molecule has 0 spiro atoms. The molecule has 0 bridgehead atoms. The lowest BCUT2D eigenvalue weighted by Gasteiger charge is -2.17. The number of thioether (sulfide) groups is 1. The molecule has 2 nitrogen and oxygen atoms in total. The Kier molecular flexibility index (Phi) is 3.82. The topological polar surface area (TPSA) is 20.3 Å². The predicted octanol–water partition coefficient (Wildman–Crippen LogP) is 3.33. The SMILES string of the molecule is O=C1CC(S)CN1c1cccc(SC(F)(F)F)c1. The lowest BCUT2D eigenvalue weighted by Crippen LogP contribution is -2.24. The first-order valence-corrected chi connectivity index (χ1v) is 6.53. The molecule has 0 saturated carbocycles. The summed E-state index contributed by atoms with van der Waals surface area (Å²) >= 11 is 4.03. The lowest BCUT2D eigenvalue weighted by molar-refractivity contribution is -0.117. The van der Waals surface area contributed by atoms with Gasteiger partial charge in [-0.05, 0) is 30.0 Å². The molecule has 1 saturated heterocycles. The van der Waals surface area contributed by atoms with Gasteiger partial charge in [0.05, 0.1) is 0 Å². The van der Waals surface area contributed by atoms with Gasteiger partial charge in [-0.15, -0.1) is 0 Å². The monoisotopic (exact) mass is 293 g/mol. The van der Waals surface area contributed by atoms with Gasteiger partial charge < -0.3 is 4.90 Å². The molecule has 1 aliphatic heterocycles. The number of carbonyl (C=O) groups is 1. The standard InChI is InChI=1S/C11H10F3NOS2/c12-11(13,14)18-9-3-1-2-7(4-9)15-6-8(17)5-10(15)16/h1-4,8,17H,5-6H2. The smallest absolute Gasteiger partial charge is 0.311 e. The Morgan fingerprint density at radius 3 is 2.67 bits per heavy atom. The number of alkyl halides is 3. The van der Waals surface area contributed by atoms with E-state index in [1.807, 2.05) is 0 Å². The second-order valence-corrected chi connectivity index (χ2v) is 5.78. The summed E-state index contributed by atoms with van der Waals surface area (Å²) in [4.78, 5) is 13.2. The Morgan fingerprint density at radius 2 is 2.11 bits per heavy atom. The summed E-state index contributed by atoms with van der Waals surface area (Å²) in [5, 5.41) is -0.0589. The third kappa shape index (κ3) is 3.35. The van der Waals surface area contributed by atoms with Gasteiger partial charge in [-0.2, -0.15) is 25.8 Å². The third-order valence-corrected chi connectivity index (χ3v) is 3.53. The number of hydrogen-bond donors (Lipinski definition) is 1. The van der Waals surface area contributed by atoms with Crippen molar-refractivity contribution in [2.45, 2.75) is 22.1 Å². The first-order valence-electron chi connectivity index (χ1n) is 5.19. The van der Waals surface area contributed by atoms with Crippen LogP contribution in [0.15, 0.2) is 29.2 Å². The molecule has 98 valence electrons. The molecular weight excluding hydrogens is 283 g/mol. The number of rotatable bonds is 2. The van der Waals surface area contributed by atoms with Crippen LogP contribution in [0.2, 0.25) is 0 Å². The first-order chi connectivity index (χ1) is 8.35. The van der Waals surface area contributed by atoms with Crippen molar-refractivity contribution in [2.24, 2.45) is 0 Å². The van der Waals surface area contributed by atoms with Crippen molar-refractivity contribution in [3.8, 4) is 0 Å². The average Bonchev–Trinajstić information content (AvgIpc) is 2.55. The number of thiol groups is 1. The molecular formula is C11H10F3NOS2. The molecule has 0 aliphatic carbocycles. The number of halogens is 3. The van der Waals surface area contributed by atoms with Crippen molar-refractivity contribution < 1.29 is 18.0 Å². The van der Waals surface area contributed by atoms with Gasteiger partial charge in [-0.1, -0.05) is 6.07 Å². The van der Waals surface area contributed by atoms with Gasteiger partial charge >= 0.3 is 5.51 Å². The van der Waals surface area contributed by atoms with E-state index in [0.717, 1.165) is 0 Å². The van der Waals surface area contributed by atoms with Crippen LogP contribution in [0, 0.1) is 0 Å². The van der Waals surface area contributed by atoms with E-state index < -0.39 is 5.51 Å². The van der Waals surface area contributed by atoms with E-state index in [-0.39, 0.29) is 27.8 Å². The van der Waals surface area contributed by atoms with E-state index in [1.165, 1.54) is 23.1 Å². The van der Waals surface area contributed by atoms with Crippen molar-refractivity contribution >= 4 is 36.0 Å². The van der Waals surface area contributed by atoms with Crippen molar-refractivity contribution in [2.75, 3.05) is 11.4 Å². The van der Waals surface area contributed by atoms with E-state index in [0.29, 0.717) is 18.7 Å².